The number of fused-ring (bicyclic) bond motifs is 1. The van der Waals surface area contributed by atoms with Crippen molar-refractivity contribution in [3.8, 4) is 5.75 Å². The zero-order valence-electron chi connectivity index (χ0n) is 13.8. The van der Waals surface area contributed by atoms with Crippen molar-refractivity contribution in [1.29, 1.82) is 0 Å². The second-order valence-corrected chi connectivity index (χ2v) is 8.61. The normalized spacial score (nSPS) is 16.1. The number of benzene rings is 2. The molecular weight excluding hydrogens is 327 g/mol. The van der Waals surface area contributed by atoms with Gasteiger partial charge in [0, 0.05) is 5.56 Å². The molecule has 0 saturated heterocycles. The predicted octanol–water partition coefficient (Wildman–Crippen LogP) is 4.22. The van der Waals surface area contributed by atoms with Crippen molar-refractivity contribution in [3.05, 3.63) is 65.5 Å². The maximum absolute atomic E-state index is 13.2. The van der Waals surface area contributed by atoms with Crippen LogP contribution in [0.4, 0.5) is 4.39 Å². The van der Waals surface area contributed by atoms with Crippen molar-refractivity contribution in [2.45, 2.75) is 31.3 Å². The highest BCUT2D eigenvalue weighted by Crippen LogP contribution is 2.40. The Hall–Kier alpha value is -2.14. The van der Waals surface area contributed by atoms with Crippen LogP contribution < -0.4 is 4.74 Å². The first-order chi connectivity index (χ1) is 11.2. The second-order valence-electron chi connectivity index (χ2n) is 6.33. The molecule has 0 aromatic heterocycles. The van der Waals surface area contributed by atoms with Crippen LogP contribution in [0.2, 0.25) is 0 Å². The third-order valence-corrected chi connectivity index (χ3v) is 5.73. The van der Waals surface area contributed by atoms with Gasteiger partial charge in [-0.3, -0.25) is 0 Å². The Morgan fingerprint density at radius 3 is 2.38 bits per heavy atom. The van der Waals surface area contributed by atoms with Crippen LogP contribution in [0.3, 0.4) is 0 Å². The summed E-state index contributed by atoms with van der Waals surface area (Å²) in [6.45, 7) is 5.42. The molecular formula is C19H19FO3S. The summed E-state index contributed by atoms with van der Waals surface area (Å²) in [7, 11) is -3.31. The lowest BCUT2D eigenvalue weighted by Gasteiger charge is -2.31. The molecule has 3 rings (SSSR count). The first-order valence-electron chi connectivity index (χ1n) is 7.77. The average molecular weight is 346 g/mol. The second kappa shape index (κ2) is 5.74. The first kappa shape index (κ1) is 16.7. The van der Waals surface area contributed by atoms with Crippen LogP contribution in [0.5, 0.6) is 5.75 Å². The van der Waals surface area contributed by atoms with Crippen LogP contribution in [-0.2, 0) is 9.84 Å². The minimum Gasteiger partial charge on any atom is -0.483 e. The molecule has 0 atom stereocenters. The van der Waals surface area contributed by atoms with Gasteiger partial charge in [0.1, 0.15) is 17.2 Å². The van der Waals surface area contributed by atoms with Crippen LogP contribution in [0, 0.1) is 5.82 Å². The molecule has 0 amide bonds. The van der Waals surface area contributed by atoms with Crippen LogP contribution in [0.1, 0.15) is 31.9 Å². The fourth-order valence-electron chi connectivity index (χ4n) is 2.78. The summed E-state index contributed by atoms with van der Waals surface area (Å²) in [6, 6.07) is 11.2. The third-order valence-electron chi connectivity index (χ3n) is 4.00. The summed E-state index contributed by atoms with van der Waals surface area (Å²) in [5, 5.41) is 0. The van der Waals surface area contributed by atoms with E-state index in [0.29, 0.717) is 5.75 Å². The lowest BCUT2D eigenvalue weighted by atomic mass is 9.90. The van der Waals surface area contributed by atoms with E-state index < -0.39 is 15.4 Å². The third kappa shape index (κ3) is 3.08. The molecule has 2 aromatic rings. The molecule has 0 aliphatic carbocycles. The highest BCUT2D eigenvalue weighted by atomic mass is 32.2. The van der Waals surface area contributed by atoms with Gasteiger partial charge in [0.05, 0.1) is 10.6 Å². The number of hydrogen-bond acceptors (Lipinski definition) is 3. The van der Waals surface area contributed by atoms with Crippen molar-refractivity contribution in [2.24, 2.45) is 0 Å². The largest absolute Gasteiger partial charge is 0.483 e. The lowest BCUT2D eigenvalue weighted by molar-refractivity contribution is 0.158. The Labute approximate surface area is 141 Å². The van der Waals surface area contributed by atoms with Crippen molar-refractivity contribution in [2.75, 3.05) is 5.75 Å². The van der Waals surface area contributed by atoms with Gasteiger partial charge in [0.2, 0.25) is 0 Å². The van der Waals surface area contributed by atoms with E-state index in [1.54, 1.807) is 37.3 Å². The topological polar surface area (TPSA) is 43.4 Å². The summed E-state index contributed by atoms with van der Waals surface area (Å²) < 4.78 is 43.4. The molecule has 0 fully saturated rings. The molecule has 0 unspecified atom stereocenters. The van der Waals surface area contributed by atoms with Gasteiger partial charge in [0.15, 0.2) is 9.84 Å². The zero-order chi connectivity index (χ0) is 17.5. The molecule has 126 valence electrons. The van der Waals surface area contributed by atoms with Gasteiger partial charge >= 0.3 is 0 Å². The Morgan fingerprint density at radius 1 is 1.08 bits per heavy atom. The van der Waals surface area contributed by atoms with Crippen LogP contribution in [-0.4, -0.2) is 19.8 Å². The fourth-order valence-corrected chi connectivity index (χ4v) is 3.67. The molecule has 0 bridgehead atoms. The molecule has 0 spiro atoms. The molecule has 1 aliphatic heterocycles. The molecule has 2 aromatic carbocycles. The standard InChI is InChI=1S/C19H19FO3S/c1-4-24(21,22)15-9-10-16-17(13-5-7-14(20)8-6-13)12-19(2,3)23-18(16)11-15/h5-12H,4H2,1-3H3. The van der Waals surface area contributed by atoms with Crippen LogP contribution in [0.25, 0.3) is 5.57 Å². The van der Waals surface area contributed by atoms with Gasteiger partial charge in [-0.2, -0.15) is 0 Å². The van der Waals surface area contributed by atoms with E-state index in [-0.39, 0.29) is 16.5 Å². The van der Waals surface area contributed by atoms with E-state index in [9.17, 15) is 12.8 Å². The van der Waals surface area contributed by atoms with Gasteiger partial charge in [0.25, 0.3) is 0 Å². The molecule has 3 nitrogen and oxygen atoms in total. The summed E-state index contributed by atoms with van der Waals surface area (Å²) in [6.07, 6.45) is 1.97. The molecule has 1 aliphatic rings. The van der Waals surface area contributed by atoms with Crippen LogP contribution >= 0.6 is 0 Å². The molecule has 24 heavy (non-hydrogen) atoms. The average Bonchev–Trinajstić information content (AvgIpc) is 2.53. The summed E-state index contributed by atoms with van der Waals surface area (Å²) in [4.78, 5) is 0.250. The van der Waals surface area contributed by atoms with Gasteiger partial charge in [-0.1, -0.05) is 19.1 Å². The Bertz CT molecular complexity index is 910. The van der Waals surface area contributed by atoms with Gasteiger partial charge in [-0.05, 0) is 61.4 Å². The van der Waals surface area contributed by atoms with Crippen molar-refractivity contribution < 1.29 is 17.5 Å². The highest BCUT2D eigenvalue weighted by Gasteiger charge is 2.28. The maximum Gasteiger partial charge on any atom is 0.178 e. The number of ether oxygens (including phenoxy) is 1. The van der Waals surface area contributed by atoms with Crippen molar-refractivity contribution >= 4 is 15.4 Å². The van der Waals surface area contributed by atoms with Gasteiger partial charge < -0.3 is 4.74 Å². The monoisotopic (exact) mass is 346 g/mol. The summed E-state index contributed by atoms with van der Waals surface area (Å²) in [5.74, 6) is 0.266. The molecule has 1 heterocycles. The quantitative estimate of drug-likeness (QED) is 0.836. The maximum atomic E-state index is 13.2. The summed E-state index contributed by atoms with van der Waals surface area (Å²) >= 11 is 0. The smallest absolute Gasteiger partial charge is 0.178 e. The number of rotatable bonds is 3. The Morgan fingerprint density at radius 2 is 1.75 bits per heavy atom. The number of halogens is 1. The van der Waals surface area contributed by atoms with E-state index >= 15 is 0 Å². The van der Waals surface area contributed by atoms with E-state index in [0.717, 1.165) is 16.7 Å². The molecule has 0 N–H and O–H groups in total. The predicted molar refractivity (Wildman–Crippen MR) is 92.4 cm³/mol. The Kier molecular flexibility index (Phi) is 4.00. The first-order valence-corrected chi connectivity index (χ1v) is 9.42. The SMILES string of the molecule is CCS(=O)(=O)c1ccc2c(c1)OC(C)(C)C=C2c1ccc(F)cc1. The van der Waals surface area contributed by atoms with Crippen molar-refractivity contribution in [3.63, 3.8) is 0 Å². The van der Waals surface area contributed by atoms with E-state index in [1.807, 2.05) is 19.9 Å². The van der Waals surface area contributed by atoms with E-state index in [1.165, 1.54) is 12.1 Å². The highest BCUT2D eigenvalue weighted by molar-refractivity contribution is 7.91. The molecule has 0 saturated carbocycles. The fraction of sp³-hybridized carbons (Fsp3) is 0.263. The molecule has 0 radical (unpaired) electrons. The van der Waals surface area contributed by atoms with Crippen LogP contribution in [0.15, 0.2) is 53.4 Å². The van der Waals surface area contributed by atoms with Gasteiger partial charge in [-0.25, -0.2) is 12.8 Å². The lowest BCUT2D eigenvalue weighted by Crippen LogP contribution is -2.29. The summed E-state index contributed by atoms with van der Waals surface area (Å²) in [5.41, 5.74) is 1.98. The number of sulfone groups is 1. The zero-order valence-corrected chi connectivity index (χ0v) is 14.7. The Balaban J connectivity index is 2.16. The molecule has 5 heteroatoms. The van der Waals surface area contributed by atoms with Gasteiger partial charge in [-0.15, -0.1) is 0 Å². The van der Waals surface area contributed by atoms with E-state index in [4.69, 9.17) is 4.74 Å². The minimum atomic E-state index is -3.31. The number of hydrogen-bond donors (Lipinski definition) is 0. The minimum absolute atomic E-state index is 0.0375. The van der Waals surface area contributed by atoms with Crippen molar-refractivity contribution in [1.82, 2.24) is 0 Å². The van der Waals surface area contributed by atoms with E-state index in [2.05, 4.69) is 0 Å².